The van der Waals surface area contributed by atoms with Crippen molar-refractivity contribution in [1.82, 2.24) is 0 Å². The fraction of sp³-hybridized carbons (Fsp3) is 0.176. The van der Waals surface area contributed by atoms with Crippen LogP contribution in [0.25, 0.3) is 0 Å². The largest absolute Gasteiger partial charge is 0.495 e. The van der Waals surface area contributed by atoms with Gasteiger partial charge < -0.3 is 14.8 Å². The third-order valence-corrected chi connectivity index (χ3v) is 3.55. The molecule has 0 spiro atoms. The highest BCUT2D eigenvalue weighted by molar-refractivity contribution is 6.35. The minimum Gasteiger partial charge on any atom is -0.495 e. The molecule has 1 atom stereocenters. The molecule has 0 heterocycles. The molecule has 0 saturated heterocycles. The zero-order chi connectivity index (χ0) is 17.7. The summed E-state index contributed by atoms with van der Waals surface area (Å²) in [5, 5.41) is 3.26. The first-order chi connectivity index (χ1) is 11.4. The Morgan fingerprint density at radius 3 is 2.33 bits per heavy atom. The lowest BCUT2D eigenvalue weighted by Gasteiger charge is -2.15. The van der Waals surface area contributed by atoms with Crippen LogP contribution in [0.5, 0.6) is 5.75 Å². The first kappa shape index (κ1) is 18.1. The summed E-state index contributed by atoms with van der Waals surface area (Å²) in [4.78, 5) is 24.3. The SMILES string of the molecule is COc1ccccc1NC(=O)[C@@H](C)OC(=O)c1cc(Cl)cc(Cl)c1. The molecule has 2 aromatic carbocycles. The van der Waals surface area contributed by atoms with Crippen molar-refractivity contribution in [2.24, 2.45) is 0 Å². The summed E-state index contributed by atoms with van der Waals surface area (Å²) in [6.45, 7) is 1.47. The Labute approximate surface area is 149 Å². The molecular weight excluding hydrogens is 353 g/mol. The number of carbonyl (C=O) groups excluding carboxylic acids is 2. The number of amides is 1. The first-order valence-corrected chi connectivity index (χ1v) is 7.77. The Morgan fingerprint density at radius 1 is 1.08 bits per heavy atom. The Kier molecular flexibility index (Phi) is 6.06. The average Bonchev–Trinajstić information content (AvgIpc) is 2.54. The van der Waals surface area contributed by atoms with Crippen LogP contribution in [-0.2, 0) is 9.53 Å². The van der Waals surface area contributed by atoms with Crippen LogP contribution in [-0.4, -0.2) is 25.1 Å². The molecule has 0 aliphatic heterocycles. The lowest BCUT2D eigenvalue weighted by molar-refractivity contribution is -0.123. The fourth-order valence-corrected chi connectivity index (χ4v) is 2.46. The second-order valence-electron chi connectivity index (χ2n) is 4.90. The molecule has 2 aromatic rings. The normalized spacial score (nSPS) is 11.5. The molecule has 24 heavy (non-hydrogen) atoms. The monoisotopic (exact) mass is 367 g/mol. The van der Waals surface area contributed by atoms with E-state index >= 15 is 0 Å². The molecule has 0 bridgehead atoms. The fourth-order valence-electron chi connectivity index (χ4n) is 1.94. The van der Waals surface area contributed by atoms with E-state index in [1.165, 1.54) is 32.2 Å². The van der Waals surface area contributed by atoms with E-state index in [0.717, 1.165) is 0 Å². The first-order valence-electron chi connectivity index (χ1n) is 7.01. The smallest absolute Gasteiger partial charge is 0.339 e. The molecule has 0 saturated carbocycles. The summed E-state index contributed by atoms with van der Waals surface area (Å²) in [5.41, 5.74) is 0.656. The third-order valence-electron chi connectivity index (χ3n) is 3.12. The second-order valence-corrected chi connectivity index (χ2v) is 5.77. The van der Waals surface area contributed by atoms with Crippen molar-refractivity contribution in [2.45, 2.75) is 13.0 Å². The molecule has 1 amide bonds. The van der Waals surface area contributed by atoms with E-state index in [-0.39, 0.29) is 5.56 Å². The summed E-state index contributed by atoms with van der Waals surface area (Å²) in [5.74, 6) is -0.672. The van der Waals surface area contributed by atoms with Crippen LogP contribution in [0.4, 0.5) is 5.69 Å². The van der Waals surface area contributed by atoms with Gasteiger partial charge >= 0.3 is 5.97 Å². The molecule has 0 aromatic heterocycles. The van der Waals surface area contributed by atoms with Gasteiger partial charge in [-0.05, 0) is 37.3 Å². The summed E-state index contributed by atoms with van der Waals surface area (Å²) >= 11 is 11.7. The number of rotatable bonds is 5. The van der Waals surface area contributed by atoms with Gasteiger partial charge in [0.25, 0.3) is 5.91 Å². The minimum absolute atomic E-state index is 0.171. The van der Waals surface area contributed by atoms with Gasteiger partial charge in [0.1, 0.15) is 5.75 Å². The lowest BCUT2D eigenvalue weighted by atomic mass is 10.2. The summed E-state index contributed by atoms with van der Waals surface area (Å²) in [6, 6.07) is 11.3. The predicted octanol–water partition coefficient (Wildman–Crippen LogP) is 4.19. The molecule has 0 unspecified atom stereocenters. The van der Waals surface area contributed by atoms with Crippen LogP contribution >= 0.6 is 23.2 Å². The van der Waals surface area contributed by atoms with Crippen LogP contribution in [0.2, 0.25) is 10.0 Å². The van der Waals surface area contributed by atoms with Crippen molar-refractivity contribution in [2.75, 3.05) is 12.4 Å². The van der Waals surface area contributed by atoms with Crippen molar-refractivity contribution in [3.63, 3.8) is 0 Å². The van der Waals surface area contributed by atoms with E-state index in [1.807, 2.05) is 0 Å². The number of methoxy groups -OCH3 is 1. The molecule has 5 nitrogen and oxygen atoms in total. The van der Waals surface area contributed by atoms with Crippen molar-refractivity contribution in [3.8, 4) is 5.75 Å². The van der Waals surface area contributed by atoms with Crippen molar-refractivity contribution < 1.29 is 19.1 Å². The molecular formula is C17H15Cl2NO4. The number of para-hydroxylation sites is 2. The van der Waals surface area contributed by atoms with Crippen molar-refractivity contribution in [1.29, 1.82) is 0 Å². The minimum atomic E-state index is -1.01. The van der Waals surface area contributed by atoms with Crippen LogP contribution in [0, 0.1) is 0 Å². The Balaban J connectivity index is 2.04. The molecule has 2 rings (SSSR count). The van der Waals surface area contributed by atoms with Gasteiger partial charge in [0, 0.05) is 10.0 Å². The highest BCUT2D eigenvalue weighted by Crippen LogP contribution is 2.24. The van der Waals surface area contributed by atoms with Gasteiger partial charge in [-0.15, -0.1) is 0 Å². The quantitative estimate of drug-likeness (QED) is 0.804. The number of ether oxygens (including phenoxy) is 2. The maximum atomic E-state index is 12.2. The Morgan fingerprint density at radius 2 is 1.71 bits per heavy atom. The number of halogens is 2. The van der Waals surface area contributed by atoms with E-state index in [2.05, 4.69) is 5.32 Å². The van der Waals surface area contributed by atoms with Gasteiger partial charge in [-0.25, -0.2) is 4.79 Å². The van der Waals surface area contributed by atoms with Gasteiger partial charge in [0.2, 0.25) is 0 Å². The summed E-state index contributed by atoms with van der Waals surface area (Å²) < 4.78 is 10.3. The topological polar surface area (TPSA) is 64.6 Å². The molecule has 0 aliphatic rings. The van der Waals surface area contributed by atoms with Crippen molar-refractivity contribution in [3.05, 3.63) is 58.1 Å². The highest BCUT2D eigenvalue weighted by Gasteiger charge is 2.20. The van der Waals surface area contributed by atoms with Gasteiger partial charge in [-0.1, -0.05) is 35.3 Å². The van der Waals surface area contributed by atoms with E-state index in [0.29, 0.717) is 21.5 Å². The molecule has 126 valence electrons. The molecule has 0 radical (unpaired) electrons. The molecule has 0 fully saturated rings. The predicted molar refractivity (Wildman–Crippen MR) is 93.0 cm³/mol. The van der Waals surface area contributed by atoms with Crippen LogP contribution in [0.15, 0.2) is 42.5 Å². The zero-order valence-electron chi connectivity index (χ0n) is 13.0. The maximum absolute atomic E-state index is 12.2. The Hall–Kier alpha value is -2.24. The number of esters is 1. The average molecular weight is 368 g/mol. The zero-order valence-corrected chi connectivity index (χ0v) is 14.5. The van der Waals surface area contributed by atoms with Crippen molar-refractivity contribution >= 4 is 40.8 Å². The van der Waals surface area contributed by atoms with Crippen LogP contribution < -0.4 is 10.1 Å². The standard InChI is InChI=1S/C17H15Cl2NO4/c1-10(16(21)20-14-5-3-4-6-15(14)23-2)24-17(22)11-7-12(18)9-13(19)8-11/h3-10H,1-2H3,(H,20,21)/t10-/m1/s1. The number of hydrogen-bond donors (Lipinski definition) is 1. The number of carbonyl (C=O) groups is 2. The van der Waals surface area contributed by atoms with Gasteiger partial charge in [0.05, 0.1) is 18.4 Å². The van der Waals surface area contributed by atoms with Crippen LogP contribution in [0.1, 0.15) is 17.3 Å². The lowest BCUT2D eigenvalue weighted by Crippen LogP contribution is -2.30. The Bertz CT molecular complexity index is 744. The highest BCUT2D eigenvalue weighted by atomic mass is 35.5. The van der Waals surface area contributed by atoms with E-state index < -0.39 is 18.0 Å². The second kappa shape index (κ2) is 8.04. The maximum Gasteiger partial charge on any atom is 0.339 e. The van der Waals surface area contributed by atoms with E-state index in [9.17, 15) is 9.59 Å². The van der Waals surface area contributed by atoms with Gasteiger partial charge in [0.15, 0.2) is 6.10 Å². The summed E-state index contributed by atoms with van der Waals surface area (Å²) in [6.07, 6.45) is -1.01. The van der Waals surface area contributed by atoms with Gasteiger partial charge in [-0.3, -0.25) is 4.79 Å². The molecule has 0 aliphatic carbocycles. The molecule has 7 heteroatoms. The number of anilines is 1. The summed E-state index contributed by atoms with van der Waals surface area (Å²) in [7, 11) is 1.50. The van der Waals surface area contributed by atoms with Crippen LogP contribution in [0.3, 0.4) is 0 Å². The molecule has 1 N–H and O–H groups in total. The third kappa shape index (κ3) is 4.63. The number of hydrogen-bond acceptors (Lipinski definition) is 4. The van der Waals surface area contributed by atoms with E-state index in [4.69, 9.17) is 32.7 Å². The van der Waals surface area contributed by atoms with Gasteiger partial charge in [-0.2, -0.15) is 0 Å². The number of nitrogens with one attached hydrogen (secondary N) is 1. The van der Waals surface area contributed by atoms with E-state index in [1.54, 1.807) is 24.3 Å². The number of benzene rings is 2.